The summed E-state index contributed by atoms with van der Waals surface area (Å²) in [6, 6.07) is 17.2. The van der Waals surface area contributed by atoms with Crippen molar-refractivity contribution in [1.82, 2.24) is 20.9 Å². The van der Waals surface area contributed by atoms with Gasteiger partial charge in [-0.2, -0.15) is 0 Å². The number of hydrogen-bond acceptors (Lipinski definition) is 5. The first-order chi connectivity index (χ1) is 18.9. The van der Waals surface area contributed by atoms with E-state index in [1.54, 1.807) is 4.90 Å². The largest absolute Gasteiger partial charge is 0.481 e. The van der Waals surface area contributed by atoms with E-state index < -0.39 is 24.1 Å². The number of hydrogen-bond donors (Lipinski definition) is 4. The molecule has 4 unspecified atom stereocenters. The standard InChI is InChI=1S/C30H38N4O5/c35-27(32-24(20-28(36)37)18-22-11-5-2-6-12-22)19-23(17-21-9-3-1-4-10-21)33-29(38)26-14-8-16-34(26)30(39)25-13-7-15-31-25/h1-6,9-12,23-26,31H,7-8,13-20H2,(H,32,35)(H,33,38)(H,36,37). The third-order valence-corrected chi connectivity index (χ3v) is 7.41. The van der Waals surface area contributed by atoms with Gasteiger partial charge in [0.1, 0.15) is 6.04 Å². The maximum Gasteiger partial charge on any atom is 0.305 e. The lowest BCUT2D eigenvalue weighted by Crippen LogP contribution is -2.53. The zero-order chi connectivity index (χ0) is 27.6. The van der Waals surface area contributed by atoms with Crippen LogP contribution in [0.5, 0.6) is 0 Å². The molecule has 4 atom stereocenters. The number of carbonyl (C=O) groups excluding carboxylic acids is 3. The molecule has 4 rings (SSSR count). The van der Waals surface area contributed by atoms with Gasteiger partial charge in [-0.05, 0) is 56.2 Å². The maximum atomic E-state index is 13.4. The lowest BCUT2D eigenvalue weighted by molar-refractivity contribution is -0.140. The number of amides is 3. The highest BCUT2D eigenvalue weighted by Gasteiger charge is 2.38. The Morgan fingerprint density at radius 2 is 1.46 bits per heavy atom. The first-order valence-electron chi connectivity index (χ1n) is 13.8. The van der Waals surface area contributed by atoms with Gasteiger partial charge in [0, 0.05) is 25.0 Å². The number of rotatable bonds is 12. The Balaban J connectivity index is 1.42. The number of nitrogens with zero attached hydrogens (tertiary/aromatic N) is 1. The average Bonchev–Trinajstić information content (AvgIpc) is 3.62. The molecule has 2 saturated heterocycles. The quantitative estimate of drug-likeness (QED) is 0.330. The second-order valence-electron chi connectivity index (χ2n) is 10.5. The van der Waals surface area contributed by atoms with Crippen molar-refractivity contribution in [3.63, 3.8) is 0 Å². The van der Waals surface area contributed by atoms with Crippen LogP contribution in [0, 0.1) is 0 Å². The fraction of sp³-hybridized carbons (Fsp3) is 0.467. The van der Waals surface area contributed by atoms with Gasteiger partial charge < -0.3 is 26.0 Å². The fourth-order valence-electron chi connectivity index (χ4n) is 5.56. The predicted molar refractivity (Wildman–Crippen MR) is 147 cm³/mol. The van der Waals surface area contributed by atoms with Crippen molar-refractivity contribution < 1.29 is 24.3 Å². The molecule has 2 heterocycles. The van der Waals surface area contributed by atoms with Gasteiger partial charge in [-0.15, -0.1) is 0 Å². The summed E-state index contributed by atoms with van der Waals surface area (Å²) in [7, 11) is 0. The first-order valence-corrected chi connectivity index (χ1v) is 13.8. The molecular formula is C30H38N4O5. The molecule has 0 aromatic heterocycles. The van der Waals surface area contributed by atoms with Crippen LogP contribution in [0.3, 0.4) is 0 Å². The molecule has 2 aromatic carbocycles. The Bertz CT molecular complexity index is 1120. The molecule has 0 bridgehead atoms. The van der Waals surface area contributed by atoms with Gasteiger partial charge in [-0.25, -0.2) is 0 Å². The first kappa shape index (κ1) is 28.3. The van der Waals surface area contributed by atoms with E-state index in [1.807, 2.05) is 60.7 Å². The Morgan fingerprint density at radius 3 is 2.03 bits per heavy atom. The van der Waals surface area contributed by atoms with Crippen LogP contribution in [0.1, 0.15) is 49.7 Å². The van der Waals surface area contributed by atoms with E-state index in [2.05, 4.69) is 16.0 Å². The number of carbonyl (C=O) groups is 4. The summed E-state index contributed by atoms with van der Waals surface area (Å²) in [6.07, 6.45) is 3.70. The number of aliphatic carboxylic acids is 1. The zero-order valence-corrected chi connectivity index (χ0v) is 22.2. The van der Waals surface area contributed by atoms with Crippen LogP contribution in [-0.2, 0) is 32.0 Å². The molecular weight excluding hydrogens is 496 g/mol. The monoisotopic (exact) mass is 534 g/mol. The topological polar surface area (TPSA) is 128 Å². The lowest BCUT2D eigenvalue weighted by Gasteiger charge is -2.29. The Hall–Kier alpha value is -3.72. The fourth-order valence-corrected chi connectivity index (χ4v) is 5.56. The summed E-state index contributed by atoms with van der Waals surface area (Å²) < 4.78 is 0. The van der Waals surface area contributed by atoms with E-state index in [0.29, 0.717) is 25.8 Å². The Kier molecular flexibility index (Phi) is 10.1. The minimum absolute atomic E-state index is 0.00358. The number of carboxylic acid groups (broad SMARTS) is 1. The molecule has 0 aliphatic carbocycles. The highest BCUT2D eigenvalue weighted by molar-refractivity contribution is 5.91. The summed E-state index contributed by atoms with van der Waals surface area (Å²) in [4.78, 5) is 52.8. The number of carboxylic acids is 1. The van der Waals surface area contributed by atoms with Gasteiger partial charge >= 0.3 is 5.97 Å². The van der Waals surface area contributed by atoms with Crippen LogP contribution in [-0.4, -0.2) is 71.0 Å². The van der Waals surface area contributed by atoms with Crippen molar-refractivity contribution in [2.24, 2.45) is 0 Å². The van der Waals surface area contributed by atoms with Gasteiger partial charge in [0.05, 0.1) is 12.5 Å². The molecule has 208 valence electrons. The van der Waals surface area contributed by atoms with Crippen molar-refractivity contribution >= 4 is 23.7 Å². The van der Waals surface area contributed by atoms with E-state index in [9.17, 15) is 24.3 Å². The second-order valence-corrected chi connectivity index (χ2v) is 10.5. The molecule has 0 saturated carbocycles. The van der Waals surface area contributed by atoms with Crippen LogP contribution in [0.25, 0.3) is 0 Å². The van der Waals surface area contributed by atoms with Crippen molar-refractivity contribution in [3.8, 4) is 0 Å². The molecule has 0 spiro atoms. The lowest BCUT2D eigenvalue weighted by atomic mass is 10.0. The molecule has 3 amide bonds. The normalized spacial score (nSPS) is 20.3. The Morgan fingerprint density at radius 1 is 0.846 bits per heavy atom. The van der Waals surface area contributed by atoms with E-state index in [4.69, 9.17) is 0 Å². The molecule has 0 radical (unpaired) electrons. The third-order valence-electron chi connectivity index (χ3n) is 7.41. The van der Waals surface area contributed by atoms with Crippen molar-refractivity contribution in [3.05, 3.63) is 71.8 Å². The van der Waals surface area contributed by atoms with Gasteiger partial charge in [0.15, 0.2) is 0 Å². The van der Waals surface area contributed by atoms with Crippen LogP contribution in [0.4, 0.5) is 0 Å². The molecule has 4 N–H and O–H groups in total. The Labute approximate surface area is 229 Å². The maximum absolute atomic E-state index is 13.4. The molecule has 9 heteroatoms. The predicted octanol–water partition coefficient (Wildman–Crippen LogP) is 2.05. The van der Waals surface area contributed by atoms with Crippen LogP contribution in [0.2, 0.25) is 0 Å². The second kappa shape index (κ2) is 13.9. The van der Waals surface area contributed by atoms with Gasteiger partial charge in [-0.3, -0.25) is 19.2 Å². The highest BCUT2D eigenvalue weighted by atomic mass is 16.4. The van der Waals surface area contributed by atoms with Crippen molar-refractivity contribution in [2.45, 2.75) is 75.5 Å². The molecule has 39 heavy (non-hydrogen) atoms. The molecule has 2 aromatic rings. The van der Waals surface area contributed by atoms with Crippen molar-refractivity contribution in [2.75, 3.05) is 13.1 Å². The number of likely N-dealkylation sites (tertiary alicyclic amines) is 1. The van der Waals surface area contributed by atoms with Crippen molar-refractivity contribution in [1.29, 1.82) is 0 Å². The molecule has 2 fully saturated rings. The highest BCUT2D eigenvalue weighted by Crippen LogP contribution is 2.21. The smallest absolute Gasteiger partial charge is 0.305 e. The summed E-state index contributed by atoms with van der Waals surface area (Å²) in [5, 5.41) is 18.5. The van der Waals surface area contributed by atoms with Crippen LogP contribution < -0.4 is 16.0 Å². The van der Waals surface area contributed by atoms with E-state index in [-0.39, 0.29) is 36.6 Å². The molecule has 9 nitrogen and oxygen atoms in total. The third kappa shape index (κ3) is 8.38. The minimum Gasteiger partial charge on any atom is -0.481 e. The van der Waals surface area contributed by atoms with E-state index in [0.717, 1.165) is 36.9 Å². The van der Waals surface area contributed by atoms with Gasteiger partial charge in [0.2, 0.25) is 17.7 Å². The summed E-state index contributed by atoms with van der Waals surface area (Å²) in [5.41, 5.74) is 1.90. The van der Waals surface area contributed by atoms with E-state index >= 15 is 0 Å². The summed E-state index contributed by atoms with van der Waals surface area (Å²) in [6.45, 7) is 1.36. The van der Waals surface area contributed by atoms with Crippen LogP contribution in [0.15, 0.2) is 60.7 Å². The SMILES string of the molecule is O=C(O)CC(Cc1ccccc1)NC(=O)CC(Cc1ccccc1)NC(=O)C1CCCN1C(=O)C1CCCN1. The van der Waals surface area contributed by atoms with Gasteiger partial charge in [-0.1, -0.05) is 60.7 Å². The molecule has 2 aliphatic heterocycles. The average molecular weight is 535 g/mol. The summed E-state index contributed by atoms with van der Waals surface area (Å²) >= 11 is 0. The molecule has 2 aliphatic rings. The zero-order valence-electron chi connectivity index (χ0n) is 22.2. The van der Waals surface area contributed by atoms with Crippen LogP contribution >= 0.6 is 0 Å². The van der Waals surface area contributed by atoms with Gasteiger partial charge in [0.25, 0.3) is 0 Å². The van der Waals surface area contributed by atoms with E-state index in [1.165, 1.54) is 0 Å². The summed E-state index contributed by atoms with van der Waals surface area (Å²) in [5.74, 6) is -1.60. The number of nitrogens with one attached hydrogen (secondary N) is 3. The minimum atomic E-state index is -0.992. The number of benzene rings is 2.